The molecule has 1 fully saturated rings. The van der Waals surface area contributed by atoms with Gasteiger partial charge >= 0.3 is 0 Å². The lowest BCUT2D eigenvalue weighted by Gasteiger charge is -2.28. The van der Waals surface area contributed by atoms with Crippen molar-refractivity contribution in [1.82, 2.24) is 14.5 Å². The van der Waals surface area contributed by atoms with Gasteiger partial charge < -0.3 is 18.9 Å². The van der Waals surface area contributed by atoms with Crippen LogP contribution in [0, 0.1) is 6.92 Å². The van der Waals surface area contributed by atoms with Crippen molar-refractivity contribution >= 4 is 17.9 Å². The molecule has 3 heterocycles. The van der Waals surface area contributed by atoms with Crippen LogP contribution in [0.15, 0.2) is 64.6 Å². The number of pyridine rings is 1. The third kappa shape index (κ3) is 6.71. The molecule has 1 aromatic carbocycles. The van der Waals surface area contributed by atoms with E-state index < -0.39 is 0 Å². The van der Waals surface area contributed by atoms with E-state index in [0.29, 0.717) is 38.0 Å². The fourth-order valence-electron chi connectivity index (χ4n) is 3.45. The van der Waals surface area contributed by atoms with Crippen molar-refractivity contribution in [3.63, 3.8) is 0 Å². The van der Waals surface area contributed by atoms with E-state index >= 15 is 0 Å². The van der Waals surface area contributed by atoms with Crippen LogP contribution in [0.2, 0.25) is 0 Å². The average molecular weight is 449 g/mol. The fraction of sp³-hybridized carbons (Fsp3) is 0.333. The normalized spacial score (nSPS) is 14.0. The molecule has 1 aliphatic heterocycles. The van der Waals surface area contributed by atoms with Gasteiger partial charge in [-0.2, -0.15) is 5.10 Å². The van der Waals surface area contributed by atoms with Gasteiger partial charge in [0.15, 0.2) is 11.6 Å². The quantitative estimate of drug-likeness (QED) is 0.305. The number of anilines is 2. The number of benzene rings is 1. The van der Waals surface area contributed by atoms with Crippen molar-refractivity contribution in [2.24, 2.45) is 5.10 Å². The van der Waals surface area contributed by atoms with Crippen molar-refractivity contribution in [1.29, 1.82) is 0 Å². The highest BCUT2D eigenvalue weighted by atomic mass is 16.5. The minimum absolute atomic E-state index is 0.0513. The molecule has 1 N–H and O–H groups in total. The van der Waals surface area contributed by atoms with E-state index in [1.54, 1.807) is 23.0 Å². The first-order valence-corrected chi connectivity index (χ1v) is 11.0. The number of ether oxygens (including phenoxy) is 2. The maximum atomic E-state index is 11.8. The number of hydrogen-bond donors (Lipinski definition) is 1. The summed E-state index contributed by atoms with van der Waals surface area (Å²) in [5.74, 6) is 1.94. The van der Waals surface area contributed by atoms with Gasteiger partial charge in [-0.1, -0.05) is 35.9 Å². The highest BCUT2D eigenvalue weighted by Gasteiger charge is 2.15. The molecule has 9 heteroatoms. The molecule has 9 nitrogen and oxygen atoms in total. The highest BCUT2D eigenvalue weighted by Crippen LogP contribution is 2.18. The monoisotopic (exact) mass is 448 g/mol. The predicted octanol–water partition coefficient (Wildman–Crippen LogP) is 2.45. The van der Waals surface area contributed by atoms with E-state index in [2.05, 4.69) is 31.5 Å². The first kappa shape index (κ1) is 22.6. The molecule has 0 amide bonds. The first-order valence-electron chi connectivity index (χ1n) is 11.0. The lowest BCUT2D eigenvalue weighted by atomic mass is 10.2. The van der Waals surface area contributed by atoms with Crippen molar-refractivity contribution < 1.29 is 9.47 Å². The molecule has 0 bridgehead atoms. The molecule has 0 unspecified atom stereocenters. The Balaban J connectivity index is 1.43. The van der Waals surface area contributed by atoms with E-state index in [9.17, 15) is 4.79 Å². The standard InChI is InChI=1S/C24H28N6O3/c1-19-5-4-6-20(15-19)17-25-28-21-16-23(29-9-12-32-13-10-29)27-22(26-21)18-33-14-11-30-8-3-2-7-24(30)31/h2-8,15-17H,9-14,18H2,1H3,(H,26,27,28)/b25-17+. The molecule has 0 saturated carbocycles. The largest absolute Gasteiger partial charge is 0.378 e. The smallest absolute Gasteiger partial charge is 0.250 e. The molecule has 2 aromatic heterocycles. The van der Waals surface area contributed by atoms with E-state index in [0.717, 1.165) is 24.5 Å². The summed E-state index contributed by atoms with van der Waals surface area (Å²) in [6.07, 6.45) is 3.51. The molecule has 0 spiro atoms. The van der Waals surface area contributed by atoms with E-state index in [4.69, 9.17) is 9.47 Å². The van der Waals surface area contributed by atoms with Crippen LogP contribution in [0.4, 0.5) is 11.6 Å². The highest BCUT2D eigenvalue weighted by molar-refractivity contribution is 5.80. The van der Waals surface area contributed by atoms with E-state index in [1.807, 2.05) is 37.3 Å². The van der Waals surface area contributed by atoms with Crippen LogP contribution < -0.4 is 15.9 Å². The van der Waals surface area contributed by atoms with Gasteiger partial charge in [0.2, 0.25) is 0 Å². The molecule has 172 valence electrons. The van der Waals surface area contributed by atoms with Gasteiger partial charge in [0.05, 0.1) is 26.0 Å². The first-order chi connectivity index (χ1) is 16.2. The number of nitrogens with one attached hydrogen (secondary N) is 1. The van der Waals surface area contributed by atoms with Crippen LogP contribution in [-0.4, -0.2) is 53.7 Å². The SMILES string of the molecule is Cc1cccc(/C=N/Nc2cc(N3CCOCC3)nc(COCCn3ccccc3=O)n2)c1. The predicted molar refractivity (Wildman–Crippen MR) is 128 cm³/mol. The fourth-order valence-corrected chi connectivity index (χ4v) is 3.45. The molecular weight excluding hydrogens is 420 g/mol. The number of morpholine rings is 1. The van der Waals surface area contributed by atoms with Crippen LogP contribution in [0.5, 0.6) is 0 Å². The second-order valence-corrected chi connectivity index (χ2v) is 7.70. The van der Waals surface area contributed by atoms with Gasteiger partial charge in [0.25, 0.3) is 5.56 Å². The number of rotatable bonds is 9. The van der Waals surface area contributed by atoms with Gasteiger partial charge in [-0.05, 0) is 18.6 Å². The zero-order valence-corrected chi connectivity index (χ0v) is 18.7. The maximum absolute atomic E-state index is 11.8. The number of nitrogens with zero attached hydrogens (tertiary/aromatic N) is 5. The van der Waals surface area contributed by atoms with Gasteiger partial charge in [0.1, 0.15) is 12.4 Å². The van der Waals surface area contributed by atoms with Gasteiger partial charge in [0, 0.05) is 38.0 Å². The second-order valence-electron chi connectivity index (χ2n) is 7.70. The summed E-state index contributed by atoms with van der Waals surface area (Å²) in [7, 11) is 0. The average Bonchev–Trinajstić information content (AvgIpc) is 2.83. The Morgan fingerprint density at radius 3 is 2.85 bits per heavy atom. The summed E-state index contributed by atoms with van der Waals surface area (Å²) in [6.45, 7) is 5.98. The topological polar surface area (TPSA) is 93.9 Å². The third-order valence-electron chi connectivity index (χ3n) is 5.14. The zero-order valence-electron chi connectivity index (χ0n) is 18.7. The van der Waals surface area contributed by atoms with Gasteiger partial charge in [-0.15, -0.1) is 0 Å². The van der Waals surface area contributed by atoms with Gasteiger partial charge in [-0.3, -0.25) is 10.2 Å². The van der Waals surface area contributed by atoms with Crippen LogP contribution in [-0.2, 0) is 22.6 Å². The molecule has 0 radical (unpaired) electrons. The Morgan fingerprint density at radius 1 is 1.15 bits per heavy atom. The summed E-state index contributed by atoms with van der Waals surface area (Å²) in [6, 6.07) is 15.1. The van der Waals surface area contributed by atoms with Crippen molar-refractivity contribution in [2.45, 2.75) is 20.1 Å². The van der Waals surface area contributed by atoms with Crippen LogP contribution in [0.1, 0.15) is 17.0 Å². The molecule has 4 rings (SSSR count). The van der Waals surface area contributed by atoms with Crippen molar-refractivity contribution in [3.8, 4) is 0 Å². The Kier molecular flexibility index (Phi) is 7.78. The Morgan fingerprint density at radius 2 is 2.03 bits per heavy atom. The van der Waals surface area contributed by atoms with E-state index in [1.165, 1.54) is 11.6 Å². The second kappa shape index (κ2) is 11.3. The molecule has 3 aromatic rings. The number of hydrogen-bond acceptors (Lipinski definition) is 8. The lowest BCUT2D eigenvalue weighted by molar-refractivity contribution is 0.107. The summed E-state index contributed by atoms with van der Waals surface area (Å²) < 4.78 is 12.8. The summed E-state index contributed by atoms with van der Waals surface area (Å²) in [5.41, 5.74) is 5.14. The Labute approximate surface area is 192 Å². The minimum atomic E-state index is -0.0513. The number of hydrazone groups is 1. The summed E-state index contributed by atoms with van der Waals surface area (Å²) in [4.78, 5) is 23.2. The minimum Gasteiger partial charge on any atom is -0.378 e. The summed E-state index contributed by atoms with van der Waals surface area (Å²) in [5, 5.41) is 4.34. The molecule has 33 heavy (non-hydrogen) atoms. The third-order valence-corrected chi connectivity index (χ3v) is 5.14. The lowest BCUT2D eigenvalue weighted by Crippen LogP contribution is -2.37. The molecule has 0 aliphatic carbocycles. The molecule has 1 aliphatic rings. The number of aryl methyl sites for hydroxylation is 1. The summed E-state index contributed by atoms with van der Waals surface area (Å²) >= 11 is 0. The molecular formula is C24H28N6O3. The molecule has 0 atom stereocenters. The van der Waals surface area contributed by atoms with Gasteiger partial charge in [-0.25, -0.2) is 9.97 Å². The van der Waals surface area contributed by atoms with Crippen LogP contribution in [0.25, 0.3) is 0 Å². The van der Waals surface area contributed by atoms with Crippen molar-refractivity contribution in [3.05, 3.63) is 82.0 Å². The Hall–Kier alpha value is -3.56. The van der Waals surface area contributed by atoms with E-state index in [-0.39, 0.29) is 12.2 Å². The number of aromatic nitrogens is 3. The zero-order chi connectivity index (χ0) is 22.9. The van der Waals surface area contributed by atoms with Crippen LogP contribution >= 0.6 is 0 Å². The molecule has 1 saturated heterocycles. The van der Waals surface area contributed by atoms with Crippen molar-refractivity contribution in [2.75, 3.05) is 43.2 Å². The van der Waals surface area contributed by atoms with Crippen LogP contribution in [0.3, 0.4) is 0 Å². The maximum Gasteiger partial charge on any atom is 0.250 e. The Bertz CT molecular complexity index is 1140.